The normalized spacial score (nSPS) is 25.1. The zero-order valence-electron chi connectivity index (χ0n) is 12.3. The van der Waals surface area contributed by atoms with Crippen LogP contribution in [-0.4, -0.2) is 40.6 Å². The maximum absolute atomic E-state index is 12.7. The van der Waals surface area contributed by atoms with Crippen molar-refractivity contribution in [3.8, 4) is 0 Å². The van der Waals surface area contributed by atoms with Gasteiger partial charge in [-0.3, -0.25) is 9.36 Å². The second-order valence-electron chi connectivity index (χ2n) is 6.14. The summed E-state index contributed by atoms with van der Waals surface area (Å²) in [5, 5.41) is 0.593. The standard InChI is InChI=1S/C15H17N3O3S/c1-22(20,21)18-10-6-7-11(18)9-17-14(8-10)16-13-5-3-2-4-12(13)15(17)19/h2-5,10-11H,6-9H2,1H3. The van der Waals surface area contributed by atoms with E-state index in [9.17, 15) is 13.2 Å². The molecule has 2 unspecified atom stereocenters. The number of nitrogens with zero attached hydrogens (tertiary/aromatic N) is 3. The van der Waals surface area contributed by atoms with Gasteiger partial charge in [-0.15, -0.1) is 0 Å². The average Bonchev–Trinajstić information content (AvgIpc) is 2.76. The first kappa shape index (κ1) is 13.9. The first-order chi connectivity index (χ1) is 10.4. The minimum atomic E-state index is -3.27. The lowest BCUT2D eigenvalue weighted by molar-refractivity contribution is 0.318. The van der Waals surface area contributed by atoms with Crippen LogP contribution in [0.25, 0.3) is 10.9 Å². The predicted molar refractivity (Wildman–Crippen MR) is 83.2 cm³/mol. The molecule has 22 heavy (non-hydrogen) atoms. The van der Waals surface area contributed by atoms with Crippen LogP contribution < -0.4 is 5.56 Å². The fourth-order valence-corrected chi connectivity index (χ4v) is 5.26. The number of aromatic nitrogens is 2. The summed E-state index contributed by atoms with van der Waals surface area (Å²) in [6.45, 7) is 0.398. The summed E-state index contributed by atoms with van der Waals surface area (Å²) in [7, 11) is -3.27. The van der Waals surface area contributed by atoms with E-state index >= 15 is 0 Å². The fraction of sp³-hybridized carbons (Fsp3) is 0.467. The lowest BCUT2D eigenvalue weighted by Crippen LogP contribution is -2.41. The number of benzene rings is 1. The molecule has 1 fully saturated rings. The zero-order chi connectivity index (χ0) is 15.5. The van der Waals surface area contributed by atoms with Gasteiger partial charge in [0.15, 0.2) is 0 Å². The van der Waals surface area contributed by atoms with Gasteiger partial charge in [-0.2, -0.15) is 4.31 Å². The average molecular weight is 319 g/mol. The van der Waals surface area contributed by atoms with Gasteiger partial charge >= 0.3 is 0 Å². The summed E-state index contributed by atoms with van der Waals surface area (Å²) in [6.07, 6.45) is 3.39. The van der Waals surface area contributed by atoms with E-state index in [4.69, 9.17) is 0 Å². The summed E-state index contributed by atoms with van der Waals surface area (Å²) in [4.78, 5) is 17.3. The van der Waals surface area contributed by atoms with Crippen LogP contribution in [0.3, 0.4) is 0 Å². The molecule has 4 rings (SSSR count). The number of rotatable bonds is 1. The lowest BCUT2D eigenvalue weighted by Gasteiger charge is -2.24. The number of hydrogen-bond donors (Lipinski definition) is 0. The van der Waals surface area contributed by atoms with E-state index in [1.807, 2.05) is 18.2 Å². The van der Waals surface area contributed by atoms with E-state index in [0.29, 0.717) is 29.7 Å². The van der Waals surface area contributed by atoms with Crippen molar-refractivity contribution in [3.63, 3.8) is 0 Å². The highest BCUT2D eigenvalue weighted by molar-refractivity contribution is 7.88. The second kappa shape index (κ2) is 4.63. The quantitative estimate of drug-likeness (QED) is 0.777. The lowest BCUT2D eigenvalue weighted by atomic mass is 10.1. The van der Waals surface area contributed by atoms with Gasteiger partial charge < -0.3 is 0 Å². The van der Waals surface area contributed by atoms with Crippen LogP contribution in [0, 0.1) is 0 Å². The Morgan fingerprint density at radius 2 is 1.91 bits per heavy atom. The van der Waals surface area contributed by atoms with Crippen LogP contribution in [0.2, 0.25) is 0 Å². The van der Waals surface area contributed by atoms with Crippen LogP contribution in [0.1, 0.15) is 18.7 Å². The highest BCUT2D eigenvalue weighted by Crippen LogP contribution is 2.32. The molecule has 7 heteroatoms. The monoisotopic (exact) mass is 319 g/mol. The molecule has 2 atom stereocenters. The summed E-state index contributed by atoms with van der Waals surface area (Å²) in [6, 6.07) is 7.06. The topological polar surface area (TPSA) is 72.3 Å². The number of sulfonamides is 1. The number of fused-ring (bicyclic) bond motifs is 4. The molecular formula is C15H17N3O3S. The van der Waals surface area contributed by atoms with Crippen LogP contribution in [-0.2, 0) is 23.0 Å². The number of para-hydroxylation sites is 1. The molecular weight excluding hydrogens is 302 g/mol. The third-order valence-corrected chi connectivity index (χ3v) is 6.05. The van der Waals surface area contributed by atoms with Crippen LogP contribution >= 0.6 is 0 Å². The van der Waals surface area contributed by atoms with Crippen molar-refractivity contribution in [2.24, 2.45) is 0 Å². The van der Waals surface area contributed by atoms with Crippen molar-refractivity contribution >= 4 is 20.9 Å². The molecule has 2 aromatic rings. The molecule has 3 heterocycles. The van der Waals surface area contributed by atoms with Crippen LogP contribution in [0.4, 0.5) is 0 Å². The van der Waals surface area contributed by atoms with Crippen molar-refractivity contribution in [1.29, 1.82) is 0 Å². The largest absolute Gasteiger partial charge is 0.294 e. The van der Waals surface area contributed by atoms with Crippen molar-refractivity contribution in [2.45, 2.75) is 37.9 Å². The van der Waals surface area contributed by atoms with Gasteiger partial charge in [0, 0.05) is 25.0 Å². The molecule has 0 aliphatic carbocycles. The molecule has 0 saturated carbocycles. The summed E-state index contributed by atoms with van der Waals surface area (Å²) in [5.41, 5.74) is 0.615. The molecule has 6 nitrogen and oxygen atoms in total. The highest BCUT2D eigenvalue weighted by Gasteiger charge is 2.42. The molecule has 0 N–H and O–H groups in total. The Hall–Kier alpha value is -1.73. The molecule has 2 aliphatic heterocycles. The molecule has 116 valence electrons. The second-order valence-corrected chi connectivity index (χ2v) is 8.03. The van der Waals surface area contributed by atoms with E-state index in [1.54, 1.807) is 14.9 Å². The van der Waals surface area contributed by atoms with Crippen molar-refractivity contribution in [1.82, 2.24) is 13.9 Å². The Labute approximate surface area is 128 Å². The van der Waals surface area contributed by atoms with Crippen LogP contribution in [0.5, 0.6) is 0 Å². The third kappa shape index (κ3) is 1.99. The van der Waals surface area contributed by atoms with Gasteiger partial charge in [-0.05, 0) is 25.0 Å². The first-order valence-electron chi connectivity index (χ1n) is 7.42. The van der Waals surface area contributed by atoms with Crippen molar-refractivity contribution in [2.75, 3.05) is 6.26 Å². The molecule has 1 saturated heterocycles. The Morgan fingerprint density at radius 1 is 1.18 bits per heavy atom. The summed E-state index contributed by atoms with van der Waals surface area (Å²) < 4.78 is 27.4. The Kier molecular flexibility index (Phi) is 2.93. The van der Waals surface area contributed by atoms with Gasteiger partial charge in [-0.1, -0.05) is 12.1 Å². The highest BCUT2D eigenvalue weighted by atomic mass is 32.2. The predicted octanol–water partition coefficient (Wildman–Crippen LogP) is 0.745. The minimum Gasteiger partial charge on any atom is -0.294 e. The first-order valence-corrected chi connectivity index (χ1v) is 9.27. The van der Waals surface area contributed by atoms with Crippen molar-refractivity contribution < 1.29 is 8.42 Å². The van der Waals surface area contributed by atoms with Crippen LogP contribution in [0.15, 0.2) is 29.1 Å². The van der Waals surface area contributed by atoms with E-state index in [-0.39, 0.29) is 17.6 Å². The third-order valence-electron chi connectivity index (χ3n) is 4.69. The maximum atomic E-state index is 12.7. The summed E-state index contributed by atoms with van der Waals surface area (Å²) >= 11 is 0. The molecule has 1 aromatic heterocycles. The summed E-state index contributed by atoms with van der Waals surface area (Å²) in [5.74, 6) is 0.699. The fourth-order valence-electron chi connectivity index (χ4n) is 3.82. The van der Waals surface area contributed by atoms with E-state index in [0.717, 1.165) is 12.8 Å². The molecule has 0 amide bonds. The SMILES string of the molecule is CS(=O)(=O)N1C2CCC1Cn1c(nc3ccccc3c1=O)C2. The van der Waals surface area contributed by atoms with Gasteiger partial charge in [-0.25, -0.2) is 13.4 Å². The van der Waals surface area contributed by atoms with Crippen molar-refractivity contribution in [3.05, 3.63) is 40.4 Å². The van der Waals surface area contributed by atoms with Gasteiger partial charge in [0.1, 0.15) is 5.82 Å². The van der Waals surface area contributed by atoms with Gasteiger partial charge in [0.2, 0.25) is 10.0 Å². The molecule has 2 bridgehead atoms. The maximum Gasteiger partial charge on any atom is 0.261 e. The Balaban J connectivity index is 1.92. The molecule has 0 spiro atoms. The smallest absolute Gasteiger partial charge is 0.261 e. The van der Waals surface area contributed by atoms with E-state index in [1.165, 1.54) is 6.26 Å². The minimum absolute atomic E-state index is 0.0680. The van der Waals surface area contributed by atoms with Gasteiger partial charge in [0.25, 0.3) is 5.56 Å². The molecule has 1 aromatic carbocycles. The number of hydrogen-bond acceptors (Lipinski definition) is 4. The van der Waals surface area contributed by atoms with E-state index in [2.05, 4.69) is 4.98 Å². The molecule has 2 aliphatic rings. The van der Waals surface area contributed by atoms with E-state index < -0.39 is 10.0 Å². The Bertz CT molecular complexity index is 919. The zero-order valence-corrected chi connectivity index (χ0v) is 13.1. The Morgan fingerprint density at radius 3 is 2.68 bits per heavy atom. The van der Waals surface area contributed by atoms with Gasteiger partial charge in [0.05, 0.1) is 17.2 Å². The molecule has 0 radical (unpaired) electrons.